The van der Waals surface area contributed by atoms with Crippen molar-refractivity contribution in [1.82, 2.24) is 15.5 Å². The molecule has 0 aromatic carbocycles. The van der Waals surface area contributed by atoms with E-state index in [0.29, 0.717) is 11.8 Å². The highest BCUT2D eigenvalue weighted by atomic mass is 16.5. The number of aryl methyl sites for hydroxylation is 1. The zero-order valence-corrected chi connectivity index (χ0v) is 10.9. The van der Waals surface area contributed by atoms with Crippen LogP contribution in [0.2, 0.25) is 0 Å². The molecule has 1 aromatic rings. The third-order valence-corrected chi connectivity index (χ3v) is 4.15. The van der Waals surface area contributed by atoms with E-state index in [1.165, 1.54) is 0 Å². The second kappa shape index (κ2) is 4.97. The van der Waals surface area contributed by atoms with E-state index in [2.05, 4.69) is 15.5 Å². The Morgan fingerprint density at radius 2 is 2.22 bits per heavy atom. The van der Waals surface area contributed by atoms with Crippen LogP contribution >= 0.6 is 0 Å². The van der Waals surface area contributed by atoms with Gasteiger partial charge >= 0.3 is 0 Å². The third-order valence-electron chi connectivity index (χ3n) is 4.15. The summed E-state index contributed by atoms with van der Waals surface area (Å²) >= 11 is 0. The molecule has 2 aliphatic heterocycles. The lowest BCUT2D eigenvalue weighted by Crippen LogP contribution is -2.48. The Morgan fingerprint density at radius 3 is 2.94 bits per heavy atom. The minimum atomic E-state index is 0.118. The number of aromatic nitrogens is 2. The molecule has 3 heterocycles. The van der Waals surface area contributed by atoms with Crippen LogP contribution < -0.4 is 5.32 Å². The molecule has 100 valence electrons. The van der Waals surface area contributed by atoms with E-state index in [1.54, 1.807) is 0 Å². The van der Waals surface area contributed by atoms with E-state index in [4.69, 9.17) is 9.26 Å². The standard InChI is InChI=1S/C13H21N3O2/c1-10-15-12(16-18-10)8-11-2-7-17-13(9-11)3-5-14-6-4-13/h11,14H,2-9H2,1H3. The van der Waals surface area contributed by atoms with Crippen molar-refractivity contribution < 1.29 is 9.26 Å². The van der Waals surface area contributed by atoms with Crippen molar-refractivity contribution in [3.8, 4) is 0 Å². The molecule has 0 radical (unpaired) electrons. The van der Waals surface area contributed by atoms with Crippen LogP contribution in [-0.2, 0) is 11.2 Å². The zero-order valence-electron chi connectivity index (χ0n) is 10.9. The monoisotopic (exact) mass is 251 g/mol. The highest BCUT2D eigenvalue weighted by Crippen LogP contribution is 2.36. The Morgan fingerprint density at radius 1 is 1.39 bits per heavy atom. The summed E-state index contributed by atoms with van der Waals surface area (Å²) in [5, 5.41) is 7.41. The topological polar surface area (TPSA) is 60.2 Å². The third kappa shape index (κ3) is 2.57. The summed E-state index contributed by atoms with van der Waals surface area (Å²) in [5.74, 6) is 2.14. The van der Waals surface area contributed by atoms with Gasteiger partial charge in [0.1, 0.15) is 0 Å². The molecule has 2 saturated heterocycles. The van der Waals surface area contributed by atoms with E-state index in [9.17, 15) is 0 Å². The van der Waals surface area contributed by atoms with Gasteiger partial charge in [-0.15, -0.1) is 0 Å². The van der Waals surface area contributed by atoms with Gasteiger partial charge in [-0.1, -0.05) is 5.16 Å². The van der Waals surface area contributed by atoms with Gasteiger partial charge in [0, 0.05) is 20.0 Å². The fraction of sp³-hybridized carbons (Fsp3) is 0.846. The number of nitrogens with zero attached hydrogens (tertiary/aromatic N) is 2. The van der Waals surface area contributed by atoms with Crippen LogP contribution in [0.25, 0.3) is 0 Å². The van der Waals surface area contributed by atoms with Crippen LogP contribution in [0.4, 0.5) is 0 Å². The van der Waals surface area contributed by atoms with Crippen molar-refractivity contribution in [2.24, 2.45) is 5.92 Å². The maximum Gasteiger partial charge on any atom is 0.223 e. The van der Waals surface area contributed by atoms with Crippen molar-refractivity contribution in [1.29, 1.82) is 0 Å². The maximum atomic E-state index is 6.08. The summed E-state index contributed by atoms with van der Waals surface area (Å²) in [4.78, 5) is 4.31. The lowest BCUT2D eigenvalue weighted by atomic mass is 9.78. The summed E-state index contributed by atoms with van der Waals surface area (Å²) in [6.07, 6.45) is 5.45. The molecular weight excluding hydrogens is 230 g/mol. The van der Waals surface area contributed by atoms with Crippen molar-refractivity contribution in [2.75, 3.05) is 19.7 Å². The predicted octanol–water partition coefficient (Wildman–Crippen LogP) is 1.47. The smallest absolute Gasteiger partial charge is 0.223 e. The summed E-state index contributed by atoms with van der Waals surface area (Å²) in [6, 6.07) is 0. The van der Waals surface area contributed by atoms with Crippen LogP contribution in [-0.4, -0.2) is 35.4 Å². The van der Waals surface area contributed by atoms with Gasteiger partial charge in [-0.25, -0.2) is 0 Å². The van der Waals surface area contributed by atoms with Crippen molar-refractivity contribution in [3.05, 3.63) is 11.7 Å². The Labute approximate surface area is 107 Å². The number of nitrogens with one attached hydrogen (secondary N) is 1. The molecule has 0 bridgehead atoms. The molecular formula is C13H21N3O2. The molecule has 0 aliphatic carbocycles. The van der Waals surface area contributed by atoms with Crippen LogP contribution in [0.15, 0.2) is 4.52 Å². The quantitative estimate of drug-likeness (QED) is 0.862. The van der Waals surface area contributed by atoms with Gasteiger partial charge in [-0.2, -0.15) is 4.98 Å². The number of rotatable bonds is 2. The van der Waals surface area contributed by atoms with Crippen LogP contribution in [0.5, 0.6) is 0 Å². The van der Waals surface area contributed by atoms with Crippen LogP contribution in [0, 0.1) is 12.8 Å². The Kier molecular flexibility index (Phi) is 3.35. The highest BCUT2D eigenvalue weighted by Gasteiger charge is 2.38. The van der Waals surface area contributed by atoms with Gasteiger partial charge in [0.2, 0.25) is 5.89 Å². The molecule has 3 rings (SSSR count). The lowest BCUT2D eigenvalue weighted by molar-refractivity contribution is -0.113. The Hall–Kier alpha value is -0.940. The first-order valence-corrected chi connectivity index (χ1v) is 6.90. The fourth-order valence-electron chi connectivity index (χ4n) is 3.22. The number of ether oxygens (including phenoxy) is 1. The average Bonchev–Trinajstić information content (AvgIpc) is 2.76. The van der Waals surface area contributed by atoms with Gasteiger partial charge in [0.25, 0.3) is 0 Å². The van der Waals surface area contributed by atoms with E-state index < -0.39 is 0 Å². The van der Waals surface area contributed by atoms with E-state index in [1.807, 2.05) is 6.92 Å². The molecule has 2 fully saturated rings. The first-order valence-electron chi connectivity index (χ1n) is 6.90. The second-order valence-electron chi connectivity index (χ2n) is 5.57. The summed E-state index contributed by atoms with van der Waals surface area (Å²) in [6.45, 7) is 4.87. The summed E-state index contributed by atoms with van der Waals surface area (Å²) in [7, 11) is 0. The Balaban J connectivity index is 1.63. The minimum Gasteiger partial charge on any atom is -0.375 e. The van der Waals surface area contributed by atoms with Crippen LogP contribution in [0.1, 0.15) is 37.4 Å². The number of hydrogen-bond donors (Lipinski definition) is 1. The highest BCUT2D eigenvalue weighted by molar-refractivity contribution is 4.94. The second-order valence-corrected chi connectivity index (χ2v) is 5.57. The summed E-state index contributed by atoms with van der Waals surface area (Å²) in [5.41, 5.74) is 0.118. The normalized spacial score (nSPS) is 27.5. The molecule has 1 unspecified atom stereocenters. The van der Waals surface area contributed by atoms with Crippen molar-refractivity contribution in [3.63, 3.8) is 0 Å². The fourth-order valence-corrected chi connectivity index (χ4v) is 3.22. The van der Waals surface area contributed by atoms with Gasteiger partial charge in [-0.05, 0) is 44.7 Å². The molecule has 1 aromatic heterocycles. The van der Waals surface area contributed by atoms with E-state index in [0.717, 1.165) is 57.6 Å². The van der Waals surface area contributed by atoms with Gasteiger partial charge in [0.15, 0.2) is 5.82 Å². The molecule has 0 saturated carbocycles. The van der Waals surface area contributed by atoms with Gasteiger partial charge in [0.05, 0.1) is 5.60 Å². The molecule has 5 nitrogen and oxygen atoms in total. The van der Waals surface area contributed by atoms with E-state index >= 15 is 0 Å². The molecule has 1 spiro atoms. The minimum absolute atomic E-state index is 0.118. The molecule has 18 heavy (non-hydrogen) atoms. The van der Waals surface area contributed by atoms with Crippen LogP contribution in [0.3, 0.4) is 0 Å². The molecule has 0 amide bonds. The molecule has 1 N–H and O–H groups in total. The first-order chi connectivity index (χ1) is 8.76. The SMILES string of the molecule is Cc1nc(CC2CCOC3(CCNCC3)C2)no1. The maximum absolute atomic E-state index is 6.08. The van der Waals surface area contributed by atoms with Gasteiger partial charge in [-0.3, -0.25) is 0 Å². The van der Waals surface area contributed by atoms with Crippen molar-refractivity contribution >= 4 is 0 Å². The largest absolute Gasteiger partial charge is 0.375 e. The molecule has 1 atom stereocenters. The number of piperidine rings is 1. The van der Waals surface area contributed by atoms with Gasteiger partial charge < -0.3 is 14.6 Å². The Bertz CT molecular complexity index is 393. The predicted molar refractivity (Wildman–Crippen MR) is 66.2 cm³/mol. The molecule has 2 aliphatic rings. The summed E-state index contributed by atoms with van der Waals surface area (Å²) < 4.78 is 11.1. The molecule has 5 heteroatoms. The lowest BCUT2D eigenvalue weighted by Gasteiger charge is -2.43. The van der Waals surface area contributed by atoms with E-state index in [-0.39, 0.29) is 5.60 Å². The zero-order chi connectivity index (χ0) is 12.4. The average molecular weight is 251 g/mol. The van der Waals surface area contributed by atoms with Crippen molar-refractivity contribution in [2.45, 2.75) is 44.6 Å². The number of hydrogen-bond acceptors (Lipinski definition) is 5. The first kappa shape index (κ1) is 12.1.